The number of hydrogen-bond acceptors (Lipinski definition) is 3. The molecule has 12 heavy (non-hydrogen) atoms. The van der Waals surface area contributed by atoms with Crippen molar-refractivity contribution in [2.75, 3.05) is 39.8 Å². The van der Waals surface area contributed by atoms with Crippen molar-refractivity contribution >= 4 is 0 Å². The minimum atomic E-state index is 0.476. The standard InChI is InChI=1S/C9H19N3/c1-12-7-6-11-8-9(12)2-4-10-5-3-9/h10-11H,2-8H2,1H3. The van der Waals surface area contributed by atoms with Crippen molar-refractivity contribution in [3.05, 3.63) is 0 Å². The molecule has 0 amide bonds. The number of rotatable bonds is 0. The van der Waals surface area contributed by atoms with Gasteiger partial charge in [0.05, 0.1) is 0 Å². The Balaban J connectivity index is 2.04. The van der Waals surface area contributed by atoms with E-state index in [0.29, 0.717) is 5.54 Å². The van der Waals surface area contributed by atoms with Gasteiger partial charge in [-0.15, -0.1) is 0 Å². The lowest BCUT2D eigenvalue weighted by molar-refractivity contribution is 0.0574. The van der Waals surface area contributed by atoms with Gasteiger partial charge in [0.15, 0.2) is 0 Å². The van der Waals surface area contributed by atoms with Crippen molar-refractivity contribution < 1.29 is 0 Å². The summed E-state index contributed by atoms with van der Waals surface area (Å²) in [6.07, 6.45) is 2.60. The third-order valence-electron chi connectivity index (χ3n) is 3.42. The number of piperidine rings is 1. The van der Waals surface area contributed by atoms with Gasteiger partial charge >= 0.3 is 0 Å². The van der Waals surface area contributed by atoms with Gasteiger partial charge in [0.25, 0.3) is 0 Å². The molecule has 0 saturated carbocycles. The fourth-order valence-electron chi connectivity index (χ4n) is 2.39. The lowest BCUT2D eigenvalue weighted by atomic mass is 9.85. The molecule has 2 aliphatic rings. The topological polar surface area (TPSA) is 27.3 Å². The Hall–Kier alpha value is -0.120. The highest BCUT2D eigenvalue weighted by Gasteiger charge is 2.37. The molecule has 70 valence electrons. The van der Waals surface area contributed by atoms with Crippen LogP contribution in [0.25, 0.3) is 0 Å². The monoisotopic (exact) mass is 169 g/mol. The minimum Gasteiger partial charge on any atom is -0.317 e. The third-order valence-corrected chi connectivity index (χ3v) is 3.42. The largest absolute Gasteiger partial charge is 0.317 e. The molecular weight excluding hydrogens is 150 g/mol. The van der Waals surface area contributed by atoms with E-state index in [4.69, 9.17) is 0 Å². The fourth-order valence-corrected chi connectivity index (χ4v) is 2.39. The molecule has 0 aromatic rings. The second-order valence-corrected chi connectivity index (χ2v) is 4.07. The van der Waals surface area contributed by atoms with Crippen LogP contribution in [0, 0.1) is 0 Å². The van der Waals surface area contributed by atoms with Gasteiger partial charge in [0, 0.05) is 25.2 Å². The molecule has 0 atom stereocenters. The third kappa shape index (κ3) is 1.37. The molecule has 2 aliphatic heterocycles. The molecule has 0 bridgehead atoms. The molecule has 2 N–H and O–H groups in total. The molecule has 0 unspecified atom stereocenters. The van der Waals surface area contributed by atoms with Crippen molar-refractivity contribution in [2.45, 2.75) is 18.4 Å². The van der Waals surface area contributed by atoms with E-state index in [1.807, 2.05) is 0 Å². The van der Waals surface area contributed by atoms with Crippen LogP contribution in [-0.2, 0) is 0 Å². The first kappa shape index (κ1) is 8.48. The van der Waals surface area contributed by atoms with Gasteiger partial charge in [-0.2, -0.15) is 0 Å². The summed E-state index contributed by atoms with van der Waals surface area (Å²) in [5.41, 5.74) is 0.476. The number of nitrogens with one attached hydrogen (secondary N) is 2. The van der Waals surface area contributed by atoms with Crippen LogP contribution >= 0.6 is 0 Å². The first-order valence-corrected chi connectivity index (χ1v) is 4.96. The van der Waals surface area contributed by atoms with Crippen LogP contribution < -0.4 is 10.6 Å². The zero-order valence-electron chi connectivity index (χ0n) is 7.90. The van der Waals surface area contributed by atoms with E-state index in [1.54, 1.807) is 0 Å². The molecule has 0 aliphatic carbocycles. The molecule has 1 spiro atoms. The number of hydrogen-bond donors (Lipinski definition) is 2. The zero-order valence-corrected chi connectivity index (χ0v) is 7.90. The molecule has 2 fully saturated rings. The van der Waals surface area contributed by atoms with Gasteiger partial charge in [0.1, 0.15) is 0 Å². The molecule has 2 heterocycles. The SMILES string of the molecule is CN1CCNCC12CCNCC2. The highest BCUT2D eigenvalue weighted by molar-refractivity contribution is 4.97. The normalized spacial score (nSPS) is 30.8. The van der Waals surface area contributed by atoms with E-state index in [9.17, 15) is 0 Å². The Morgan fingerprint density at radius 3 is 2.50 bits per heavy atom. The predicted molar refractivity (Wildman–Crippen MR) is 50.3 cm³/mol. The Morgan fingerprint density at radius 2 is 1.83 bits per heavy atom. The van der Waals surface area contributed by atoms with Gasteiger partial charge in [-0.3, -0.25) is 4.90 Å². The smallest absolute Gasteiger partial charge is 0.0355 e. The van der Waals surface area contributed by atoms with E-state index in [1.165, 1.54) is 39.0 Å². The van der Waals surface area contributed by atoms with Crippen LogP contribution in [0.4, 0.5) is 0 Å². The van der Waals surface area contributed by atoms with E-state index in [-0.39, 0.29) is 0 Å². The van der Waals surface area contributed by atoms with Crippen LogP contribution in [0.15, 0.2) is 0 Å². The molecule has 0 aromatic heterocycles. The van der Waals surface area contributed by atoms with Crippen molar-refractivity contribution in [1.29, 1.82) is 0 Å². The van der Waals surface area contributed by atoms with Crippen LogP contribution in [0.2, 0.25) is 0 Å². The zero-order chi connectivity index (χ0) is 8.44. The molecule has 2 rings (SSSR count). The van der Waals surface area contributed by atoms with Gasteiger partial charge < -0.3 is 10.6 Å². The first-order valence-electron chi connectivity index (χ1n) is 4.96. The first-order chi connectivity index (χ1) is 5.83. The molecule has 3 heteroatoms. The fraction of sp³-hybridized carbons (Fsp3) is 1.00. The summed E-state index contributed by atoms with van der Waals surface area (Å²) in [5.74, 6) is 0. The van der Waals surface area contributed by atoms with Crippen molar-refractivity contribution in [2.24, 2.45) is 0 Å². The highest BCUT2D eigenvalue weighted by Crippen LogP contribution is 2.25. The summed E-state index contributed by atoms with van der Waals surface area (Å²) in [6.45, 7) is 5.93. The van der Waals surface area contributed by atoms with E-state index in [2.05, 4.69) is 22.6 Å². The maximum Gasteiger partial charge on any atom is 0.0355 e. The number of nitrogens with zero attached hydrogens (tertiary/aromatic N) is 1. The summed E-state index contributed by atoms with van der Waals surface area (Å²) in [7, 11) is 2.27. The van der Waals surface area contributed by atoms with E-state index < -0.39 is 0 Å². The maximum atomic E-state index is 3.51. The summed E-state index contributed by atoms with van der Waals surface area (Å²) < 4.78 is 0. The average Bonchev–Trinajstić information content (AvgIpc) is 2.12. The average molecular weight is 169 g/mol. The van der Waals surface area contributed by atoms with E-state index >= 15 is 0 Å². The second-order valence-electron chi connectivity index (χ2n) is 4.07. The highest BCUT2D eigenvalue weighted by atomic mass is 15.2. The molecule has 0 aromatic carbocycles. The summed E-state index contributed by atoms with van der Waals surface area (Å²) >= 11 is 0. The summed E-state index contributed by atoms with van der Waals surface area (Å²) in [5, 5.41) is 6.93. The van der Waals surface area contributed by atoms with Crippen molar-refractivity contribution in [1.82, 2.24) is 15.5 Å². The number of likely N-dealkylation sites (N-methyl/N-ethyl adjacent to an activating group) is 1. The Morgan fingerprint density at radius 1 is 1.08 bits per heavy atom. The van der Waals surface area contributed by atoms with Crippen molar-refractivity contribution in [3.63, 3.8) is 0 Å². The van der Waals surface area contributed by atoms with Crippen LogP contribution in [0.5, 0.6) is 0 Å². The Bertz CT molecular complexity index is 144. The maximum absolute atomic E-state index is 3.51. The number of piperazine rings is 1. The van der Waals surface area contributed by atoms with Gasteiger partial charge in [0.2, 0.25) is 0 Å². The Kier molecular flexibility index (Phi) is 2.35. The van der Waals surface area contributed by atoms with Crippen LogP contribution in [-0.4, -0.2) is 50.2 Å². The minimum absolute atomic E-state index is 0.476. The van der Waals surface area contributed by atoms with Crippen LogP contribution in [0.1, 0.15) is 12.8 Å². The van der Waals surface area contributed by atoms with Gasteiger partial charge in [-0.05, 0) is 33.0 Å². The molecule has 0 radical (unpaired) electrons. The molecular formula is C9H19N3. The predicted octanol–water partition coefficient (Wildman–Crippen LogP) is -0.356. The van der Waals surface area contributed by atoms with Crippen LogP contribution in [0.3, 0.4) is 0 Å². The molecule has 3 nitrogen and oxygen atoms in total. The lowest BCUT2D eigenvalue weighted by Gasteiger charge is -2.48. The molecule has 2 saturated heterocycles. The van der Waals surface area contributed by atoms with E-state index in [0.717, 1.165) is 6.54 Å². The summed E-state index contributed by atoms with van der Waals surface area (Å²) in [6, 6.07) is 0. The summed E-state index contributed by atoms with van der Waals surface area (Å²) in [4.78, 5) is 2.55. The Labute approximate surface area is 74.5 Å². The van der Waals surface area contributed by atoms with Crippen molar-refractivity contribution in [3.8, 4) is 0 Å². The van der Waals surface area contributed by atoms with Gasteiger partial charge in [-0.1, -0.05) is 0 Å². The second kappa shape index (κ2) is 3.32. The lowest BCUT2D eigenvalue weighted by Crippen LogP contribution is -2.63. The quantitative estimate of drug-likeness (QED) is 0.519. The van der Waals surface area contributed by atoms with Gasteiger partial charge in [-0.25, -0.2) is 0 Å².